The molecule has 2 nitrogen and oxygen atoms in total. The molecular formula is C11H24N2. The van der Waals surface area contributed by atoms with Crippen LogP contribution in [0.4, 0.5) is 0 Å². The smallest absolute Gasteiger partial charge is 0.0219 e. The molecule has 0 aromatic rings. The Morgan fingerprint density at radius 2 is 2.31 bits per heavy atom. The lowest BCUT2D eigenvalue weighted by molar-refractivity contribution is 0.219. The van der Waals surface area contributed by atoms with Crippen LogP contribution in [0, 0.1) is 5.92 Å². The zero-order valence-electron chi connectivity index (χ0n) is 9.13. The van der Waals surface area contributed by atoms with Crippen molar-refractivity contribution in [1.29, 1.82) is 0 Å². The minimum Gasteiger partial charge on any atom is -0.329 e. The molecule has 78 valence electrons. The summed E-state index contributed by atoms with van der Waals surface area (Å²) in [5.41, 5.74) is 5.73. The number of likely N-dealkylation sites (tertiary alicyclic amines) is 1. The largest absolute Gasteiger partial charge is 0.329 e. The summed E-state index contributed by atoms with van der Waals surface area (Å²) in [7, 11) is 0. The third-order valence-electron chi connectivity index (χ3n) is 3.10. The fourth-order valence-electron chi connectivity index (χ4n) is 2.39. The van der Waals surface area contributed by atoms with Crippen molar-refractivity contribution in [2.24, 2.45) is 11.7 Å². The van der Waals surface area contributed by atoms with Crippen LogP contribution >= 0.6 is 0 Å². The van der Waals surface area contributed by atoms with E-state index < -0.39 is 0 Å². The van der Waals surface area contributed by atoms with E-state index >= 15 is 0 Å². The molecule has 0 spiro atoms. The average molecular weight is 184 g/mol. The highest BCUT2D eigenvalue weighted by Crippen LogP contribution is 2.19. The van der Waals surface area contributed by atoms with Crippen LogP contribution in [0.15, 0.2) is 0 Å². The summed E-state index contributed by atoms with van der Waals surface area (Å²) in [6.07, 6.45) is 5.33. The zero-order chi connectivity index (χ0) is 9.68. The van der Waals surface area contributed by atoms with Gasteiger partial charge in [-0.2, -0.15) is 0 Å². The monoisotopic (exact) mass is 184 g/mol. The Balaban J connectivity index is 2.26. The van der Waals surface area contributed by atoms with Gasteiger partial charge in [0.25, 0.3) is 0 Å². The lowest BCUT2D eigenvalue weighted by Gasteiger charge is -2.26. The van der Waals surface area contributed by atoms with Gasteiger partial charge in [-0.3, -0.25) is 4.90 Å². The summed E-state index contributed by atoms with van der Waals surface area (Å²) in [4.78, 5) is 2.58. The number of nitrogens with zero attached hydrogens (tertiary/aromatic N) is 1. The summed E-state index contributed by atoms with van der Waals surface area (Å²) in [6, 6.07) is 0.680. The Labute approximate surface area is 82.5 Å². The predicted molar refractivity (Wildman–Crippen MR) is 57.7 cm³/mol. The summed E-state index contributed by atoms with van der Waals surface area (Å²) in [5, 5.41) is 0. The number of nitrogens with two attached hydrogens (primary N) is 1. The normalized spacial score (nSPS) is 26.5. The highest BCUT2D eigenvalue weighted by Gasteiger charge is 2.23. The van der Waals surface area contributed by atoms with Gasteiger partial charge in [0.15, 0.2) is 0 Å². The molecule has 2 heteroatoms. The van der Waals surface area contributed by atoms with Crippen molar-refractivity contribution in [2.45, 2.75) is 45.6 Å². The second kappa shape index (κ2) is 5.61. The van der Waals surface area contributed by atoms with Gasteiger partial charge in [0.05, 0.1) is 0 Å². The number of rotatable bonds is 5. The first-order chi connectivity index (χ1) is 6.27. The molecule has 0 aromatic heterocycles. The van der Waals surface area contributed by atoms with Crippen molar-refractivity contribution in [3.8, 4) is 0 Å². The quantitative estimate of drug-likeness (QED) is 0.706. The van der Waals surface area contributed by atoms with E-state index in [9.17, 15) is 0 Å². The van der Waals surface area contributed by atoms with E-state index in [-0.39, 0.29) is 0 Å². The van der Waals surface area contributed by atoms with Crippen LogP contribution in [0.2, 0.25) is 0 Å². The van der Waals surface area contributed by atoms with Crippen molar-refractivity contribution < 1.29 is 0 Å². The van der Waals surface area contributed by atoms with E-state index in [1.165, 1.54) is 38.8 Å². The molecule has 1 rings (SSSR count). The second-order valence-corrected chi connectivity index (χ2v) is 4.42. The van der Waals surface area contributed by atoms with Crippen molar-refractivity contribution in [2.75, 3.05) is 19.6 Å². The summed E-state index contributed by atoms with van der Waals surface area (Å²) >= 11 is 0. The maximum Gasteiger partial charge on any atom is 0.0219 e. The molecule has 1 saturated heterocycles. The molecule has 2 N–H and O–H groups in total. The number of hydrogen-bond acceptors (Lipinski definition) is 2. The van der Waals surface area contributed by atoms with Crippen molar-refractivity contribution in [3.63, 3.8) is 0 Å². The molecular weight excluding hydrogens is 160 g/mol. The fourth-order valence-corrected chi connectivity index (χ4v) is 2.39. The molecule has 1 heterocycles. The first kappa shape index (κ1) is 11.0. The highest BCUT2D eigenvalue weighted by atomic mass is 15.2. The summed E-state index contributed by atoms with van der Waals surface area (Å²) in [5.74, 6) is 0.845. The predicted octanol–water partition coefficient (Wildman–Crippen LogP) is 1.85. The molecule has 0 aromatic carbocycles. The number of hydrogen-bond donors (Lipinski definition) is 1. The molecule has 13 heavy (non-hydrogen) atoms. The topological polar surface area (TPSA) is 29.3 Å². The average Bonchev–Trinajstić information content (AvgIpc) is 2.52. The Bertz CT molecular complexity index is 136. The van der Waals surface area contributed by atoms with E-state index in [0.29, 0.717) is 6.04 Å². The molecule has 1 aliphatic rings. The molecule has 1 aliphatic heterocycles. The van der Waals surface area contributed by atoms with Crippen LogP contribution in [-0.4, -0.2) is 30.6 Å². The lowest BCUT2D eigenvalue weighted by atomic mass is 10.1. The van der Waals surface area contributed by atoms with Gasteiger partial charge in [0.1, 0.15) is 0 Å². The third kappa shape index (κ3) is 3.28. The molecule has 0 aliphatic carbocycles. The van der Waals surface area contributed by atoms with Crippen LogP contribution in [-0.2, 0) is 0 Å². The van der Waals surface area contributed by atoms with Crippen LogP contribution < -0.4 is 5.73 Å². The molecule has 0 amide bonds. The summed E-state index contributed by atoms with van der Waals surface area (Å²) < 4.78 is 0. The first-order valence-corrected chi connectivity index (χ1v) is 5.72. The molecule has 2 unspecified atom stereocenters. The SMILES string of the molecule is CCCC(C)CN1CCCC1CN. The minimum atomic E-state index is 0.680. The van der Waals surface area contributed by atoms with Gasteiger partial charge in [0, 0.05) is 19.1 Å². The fraction of sp³-hybridized carbons (Fsp3) is 1.00. The maximum atomic E-state index is 5.73. The van der Waals surface area contributed by atoms with Crippen LogP contribution in [0.5, 0.6) is 0 Å². The van der Waals surface area contributed by atoms with Gasteiger partial charge in [-0.25, -0.2) is 0 Å². The first-order valence-electron chi connectivity index (χ1n) is 5.72. The van der Waals surface area contributed by atoms with Crippen molar-refractivity contribution >= 4 is 0 Å². The zero-order valence-corrected chi connectivity index (χ0v) is 9.13. The van der Waals surface area contributed by atoms with Gasteiger partial charge < -0.3 is 5.73 Å². The summed E-state index contributed by atoms with van der Waals surface area (Å²) in [6.45, 7) is 8.00. The Hall–Kier alpha value is -0.0800. The molecule has 0 bridgehead atoms. The van der Waals surface area contributed by atoms with Gasteiger partial charge in [-0.1, -0.05) is 20.3 Å². The second-order valence-electron chi connectivity index (χ2n) is 4.42. The third-order valence-corrected chi connectivity index (χ3v) is 3.10. The van der Waals surface area contributed by atoms with Crippen molar-refractivity contribution in [1.82, 2.24) is 4.90 Å². The van der Waals surface area contributed by atoms with Crippen LogP contribution in [0.3, 0.4) is 0 Å². The van der Waals surface area contributed by atoms with E-state index in [1.807, 2.05) is 0 Å². The van der Waals surface area contributed by atoms with Gasteiger partial charge in [0.2, 0.25) is 0 Å². The van der Waals surface area contributed by atoms with E-state index in [4.69, 9.17) is 5.73 Å². The molecule has 1 fully saturated rings. The van der Waals surface area contributed by atoms with E-state index in [2.05, 4.69) is 18.7 Å². The van der Waals surface area contributed by atoms with Crippen LogP contribution in [0.25, 0.3) is 0 Å². The standard InChI is InChI=1S/C11H24N2/c1-3-5-10(2)9-13-7-4-6-11(13)8-12/h10-11H,3-9,12H2,1-2H3. The Kier molecular flexibility index (Phi) is 4.74. The van der Waals surface area contributed by atoms with Gasteiger partial charge in [-0.15, -0.1) is 0 Å². The van der Waals surface area contributed by atoms with Gasteiger partial charge in [-0.05, 0) is 31.7 Å². The Morgan fingerprint density at radius 3 is 2.92 bits per heavy atom. The van der Waals surface area contributed by atoms with E-state index in [1.54, 1.807) is 0 Å². The molecule has 2 atom stereocenters. The maximum absolute atomic E-state index is 5.73. The van der Waals surface area contributed by atoms with Crippen molar-refractivity contribution in [3.05, 3.63) is 0 Å². The lowest BCUT2D eigenvalue weighted by Crippen LogP contribution is -2.38. The minimum absolute atomic E-state index is 0.680. The van der Waals surface area contributed by atoms with E-state index in [0.717, 1.165) is 12.5 Å². The van der Waals surface area contributed by atoms with Crippen LogP contribution in [0.1, 0.15) is 39.5 Å². The van der Waals surface area contributed by atoms with Gasteiger partial charge >= 0.3 is 0 Å². The molecule has 0 radical (unpaired) electrons. The Morgan fingerprint density at radius 1 is 1.54 bits per heavy atom. The highest BCUT2D eigenvalue weighted by molar-refractivity contribution is 4.80. The molecule has 0 saturated carbocycles.